The zero-order valence-electron chi connectivity index (χ0n) is 11.2. The average molecular weight is 248 g/mol. The van der Waals surface area contributed by atoms with Gasteiger partial charge in [0.05, 0.1) is 12.6 Å². The van der Waals surface area contributed by atoms with Gasteiger partial charge in [-0.3, -0.25) is 0 Å². The van der Waals surface area contributed by atoms with Crippen molar-refractivity contribution in [3.05, 3.63) is 29.8 Å². The molecular formula is C15H24N2O. The van der Waals surface area contributed by atoms with Crippen LogP contribution < -0.4 is 10.6 Å². The molecular weight excluding hydrogens is 224 g/mol. The van der Waals surface area contributed by atoms with Crippen molar-refractivity contribution < 1.29 is 5.11 Å². The van der Waals surface area contributed by atoms with Crippen LogP contribution in [0.1, 0.15) is 44.2 Å². The van der Waals surface area contributed by atoms with Crippen LogP contribution in [-0.4, -0.2) is 24.3 Å². The van der Waals surface area contributed by atoms with E-state index >= 15 is 0 Å². The minimum atomic E-state index is 0.0313. The van der Waals surface area contributed by atoms with Gasteiger partial charge in [-0.1, -0.05) is 31.0 Å². The first kappa shape index (κ1) is 13.4. The number of hydrogen-bond donors (Lipinski definition) is 2. The highest BCUT2D eigenvalue weighted by Gasteiger charge is 2.22. The van der Waals surface area contributed by atoms with Crippen LogP contribution >= 0.6 is 0 Å². The second-order valence-electron chi connectivity index (χ2n) is 5.23. The molecule has 1 aliphatic heterocycles. The smallest absolute Gasteiger partial charge is 0.0635 e. The van der Waals surface area contributed by atoms with E-state index in [1.807, 2.05) is 13.0 Å². The third-order valence-corrected chi connectivity index (χ3v) is 3.82. The summed E-state index contributed by atoms with van der Waals surface area (Å²) in [5.74, 6) is 0. The Morgan fingerprint density at radius 1 is 1.33 bits per heavy atom. The Balaban J connectivity index is 2.32. The molecule has 0 spiro atoms. The van der Waals surface area contributed by atoms with Crippen molar-refractivity contribution in [2.45, 2.75) is 44.7 Å². The molecule has 0 aliphatic carbocycles. The molecule has 0 radical (unpaired) electrons. The number of anilines is 1. The van der Waals surface area contributed by atoms with Gasteiger partial charge < -0.3 is 15.7 Å². The number of nitrogens with zero attached hydrogens (tertiary/aromatic N) is 1. The fraction of sp³-hybridized carbons (Fsp3) is 0.600. The number of aliphatic hydroxyl groups excluding tert-OH is 1. The van der Waals surface area contributed by atoms with Crippen molar-refractivity contribution in [1.29, 1.82) is 0 Å². The lowest BCUT2D eigenvalue weighted by atomic mass is 10.0. The van der Waals surface area contributed by atoms with Gasteiger partial charge in [0.25, 0.3) is 0 Å². The van der Waals surface area contributed by atoms with Crippen molar-refractivity contribution in [3.8, 4) is 0 Å². The standard InChI is InChI=1S/C15H24N2O/c1-12(16)14-8-4-5-9-15(14)17-10-6-2-3-7-13(17)11-18/h4-5,8-9,12-13,18H,2-3,6-7,10-11,16H2,1H3/t12-,13?/m0/s1. The minimum Gasteiger partial charge on any atom is -0.394 e. The van der Waals surface area contributed by atoms with Gasteiger partial charge in [0.15, 0.2) is 0 Å². The highest BCUT2D eigenvalue weighted by molar-refractivity contribution is 5.55. The van der Waals surface area contributed by atoms with Gasteiger partial charge in [0, 0.05) is 18.3 Å². The van der Waals surface area contributed by atoms with E-state index in [0.29, 0.717) is 0 Å². The SMILES string of the molecule is C[C@H](N)c1ccccc1N1CCCCCC1CO. The van der Waals surface area contributed by atoms with E-state index in [4.69, 9.17) is 5.73 Å². The molecule has 1 saturated heterocycles. The van der Waals surface area contributed by atoms with Gasteiger partial charge in [-0.2, -0.15) is 0 Å². The molecule has 1 aromatic rings. The first-order valence-corrected chi connectivity index (χ1v) is 6.96. The van der Waals surface area contributed by atoms with E-state index in [0.717, 1.165) is 13.0 Å². The maximum atomic E-state index is 9.60. The van der Waals surface area contributed by atoms with Crippen LogP contribution in [0.4, 0.5) is 5.69 Å². The summed E-state index contributed by atoms with van der Waals surface area (Å²) in [7, 11) is 0. The molecule has 1 heterocycles. The lowest BCUT2D eigenvalue weighted by molar-refractivity contribution is 0.255. The predicted molar refractivity (Wildman–Crippen MR) is 75.7 cm³/mol. The molecule has 100 valence electrons. The molecule has 0 aromatic heterocycles. The Bertz CT molecular complexity index is 379. The number of nitrogens with two attached hydrogens (primary N) is 1. The Hall–Kier alpha value is -1.06. The summed E-state index contributed by atoms with van der Waals surface area (Å²) >= 11 is 0. The van der Waals surface area contributed by atoms with Gasteiger partial charge >= 0.3 is 0 Å². The topological polar surface area (TPSA) is 49.5 Å². The zero-order chi connectivity index (χ0) is 13.0. The largest absolute Gasteiger partial charge is 0.394 e. The summed E-state index contributed by atoms with van der Waals surface area (Å²) in [6.07, 6.45) is 4.74. The summed E-state index contributed by atoms with van der Waals surface area (Å²) < 4.78 is 0. The lowest BCUT2D eigenvalue weighted by Crippen LogP contribution is -2.38. The van der Waals surface area contributed by atoms with Crippen LogP contribution in [0.2, 0.25) is 0 Å². The number of rotatable bonds is 3. The number of para-hydroxylation sites is 1. The lowest BCUT2D eigenvalue weighted by Gasteiger charge is -2.33. The molecule has 3 heteroatoms. The van der Waals surface area contributed by atoms with Crippen LogP contribution in [-0.2, 0) is 0 Å². The average Bonchev–Trinajstić information content (AvgIpc) is 2.63. The van der Waals surface area contributed by atoms with Gasteiger partial charge in [-0.05, 0) is 31.4 Å². The predicted octanol–water partition coefficient (Wildman–Crippen LogP) is 2.45. The maximum absolute atomic E-state index is 9.60. The van der Waals surface area contributed by atoms with Gasteiger partial charge in [0.2, 0.25) is 0 Å². The third-order valence-electron chi connectivity index (χ3n) is 3.82. The normalized spacial score (nSPS) is 22.6. The van der Waals surface area contributed by atoms with E-state index in [9.17, 15) is 5.11 Å². The monoisotopic (exact) mass is 248 g/mol. The van der Waals surface area contributed by atoms with Crippen molar-refractivity contribution >= 4 is 5.69 Å². The first-order chi connectivity index (χ1) is 8.74. The molecule has 0 bridgehead atoms. The van der Waals surface area contributed by atoms with Crippen LogP contribution in [0.15, 0.2) is 24.3 Å². The Labute approximate surface area is 110 Å². The first-order valence-electron chi connectivity index (χ1n) is 6.96. The Kier molecular flexibility index (Phi) is 4.61. The minimum absolute atomic E-state index is 0.0313. The van der Waals surface area contributed by atoms with Gasteiger partial charge in [0.1, 0.15) is 0 Å². The molecule has 2 atom stereocenters. The number of hydrogen-bond acceptors (Lipinski definition) is 3. The van der Waals surface area contributed by atoms with E-state index in [2.05, 4.69) is 23.1 Å². The summed E-state index contributed by atoms with van der Waals surface area (Å²) in [6.45, 7) is 3.27. The second kappa shape index (κ2) is 6.21. The molecule has 3 nitrogen and oxygen atoms in total. The molecule has 0 amide bonds. The molecule has 1 unspecified atom stereocenters. The van der Waals surface area contributed by atoms with Crippen LogP contribution in [0.3, 0.4) is 0 Å². The van der Waals surface area contributed by atoms with Crippen molar-refractivity contribution in [3.63, 3.8) is 0 Å². The summed E-state index contributed by atoms with van der Waals surface area (Å²) in [6, 6.07) is 8.59. The maximum Gasteiger partial charge on any atom is 0.0635 e. The molecule has 1 aromatic carbocycles. The van der Waals surface area contributed by atoms with E-state index in [1.54, 1.807) is 0 Å². The van der Waals surface area contributed by atoms with Crippen LogP contribution in [0.25, 0.3) is 0 Å². The molecule has 1 fully saturated rings. The van der Waals surface area contributed by atoms with E-state index in [-0.39, 0.29) is 18.7 Å². The molecule has 2 rings (SSSR count). The Morgan fingerprint density at radius 2 is 2.11 bits per heavy atom. The Morgan fingerprint density at radius 3 is 2.83 bits per heavy atom. The van der Waals surface area contributed by atoms with E-state index < -0.39 is 0 Å². The van der Waals surface area contributed by atoms with Gasteiger partial charge in [-0.15, -0.1) is 0 Å². The number of benzene rings is 1. The quantitative estimate of drug-likeness (QED) is 0.864. The van der Waals surface area contributed by atoms with Crippen molar-refractivity contribution in [1.82, 2.24) is 0 Å². The highest BCUT2D eigenvalue weighted by atomic mass is 16.3. The fourth-order valence-corrected chi connectivity index (χ4v) is 2.82. The molecule has 18 heavy (non-hydrogen) atoms. The number of aliphatic hydroxyl groups is 1. The molecule has 3 N–H and O–H groups in total. The zero-order valence-corrected chi connectivity index (χ0v) is 11.2. The molecule has 0 saturated carbocycles. The second-order valence-corrected chi connectivity index (χ2v) is 5.23. The third kappa shape index (κ3) is 2.85. The van der Waals surface area contributed by atoms with E-state index in [1.165, 1.54) is 30.5 Å². The summed E-state index contributed by atoms with van der Waals surface area (Å²) in [5.41, 5.74) is 8.44. The van der Waals surface area contributed by atoms with Crippen LogP contribution in [0, 0.1) is 0 Å². The van der Waals surface area contributed by atoms with Crippen molar-refractivity contribution in [2.75, 3.05) is 18.1 Å². The van der Waals surface area contributed by atoms with Crippen molar-refractivity contribution in [2.24, 2.45) is 5.73 Å². The van der Waals surface area contributed by atoms with Gasteiger partial charge in [-0.25, -0.2) is 0 Å². The highest BCUT2D eigenvalue weighted by Crippen LogP contribution is 2.29. The van der Waals surface area contributed by atoms with Crippen LogP contribution in [0.5, 0.6) is 0 Å². The fourth-order valence-electron chi connectivity index (χ4n) is 2.82. The summed E-state index contributed by atoms with van der Waals surface area (Å²) in [5, 5.41) is 9.60. The molecule has 1 aliphatic rings. The summed E-state index contributed by atoms with van der Waals surface area (Å²) in [4.78, 5) is 2.35.